The molecule has 0 unspecified atom stereocenters. The van der Waals surface area contributed by atoms with Gasteiger partial charge in [-0.15, -0.1) is 0 Å². The van der Waals surface area contributed by atoms with Gasteiger partial charge in [-0.2, -0.15) is 4.98 Å². The van der Waals surface area contributed by atoms with E-state index in [1.54, 1.807) is 0 Å². The van der Waals surface area contributed by atoms with E-state index in [9.17, 15) is 4.79 Å². The number of nitrogens with zero attached hydrogens (tertiary/aromatic N) is 3. The van der Waals surface area contributed by atoms with Gasteiger partial charge in [-0.1, -0.05) is 31.2 Å². The maximum absolute atomic E-state index is 12.7. The second kappa shape index (κ2) is 6.63. The summed E-state index contributed by atoms with van der Waals surface area (Å²) >= 11 is 0. The number of piperidine rings is 1. The highest BCUT2D eigenvalue weighted by Crippen LogP contribution is 2.29. The van der Waals surface area contributed by atoms with E-state index in [4.69, 9.17) is 4.52 Å². The third-order valence-corrected chi connectivity index (χ3v) is 4.67. The summed E-state index contributed by atoms with van der Waals surface area (Å²) < 4.78 is 5.32. The summed E-state index contributed by atoms with van der Waals surface area (Å²) in [6, 6.07) is 0. The summed E-state index contributed by atoms with van der Waals surface area (Å²) in [5.41, 5.74) is 0. The van der Waals surface area contributed by atoms with Crippen molar-refractivity contribution >= 4 is 5.91 Å². The van der Waals surface area contributed by atoms with Crippen LogP contribution in [0.4, 0.5) is 0 Å². The van der Waals surface area contributed by atoms with E-state index < -0.39 is 0 Å². The average molecular weight is 303 g/mol. The monoisotopic (exact) mass is 303 g/mol. The van der Waals surface area contributed by atoms with Crippen LogP contribution in [0.1, 0.15) is 69.5 Å². The van der Waals surface area contributed by atoms with Gasteiger partial charge in [0.25, 0.3) is 0 Å². The number of hydrogen-bond donors (Lipinski definition) is 0. The standard InChI is InChI=1S/C17H25N3O2/c1-12(2)16-18-15(19-22-16)14-9-6-10-20(11-14)17(21)13-7-4-3-5-8-13/h3-4,12-14H,5-11H2,1-2H3/t13-,14-/m1/s1. The van der Waals surface area contributed by atoms with Crippen LogP contribution >= 0.6 is 0 Å². The maximum atomic E-state index is 12.7. The topological polar surface area (TPSA) is 59.2 Å². The molecule has 2 heterocycles. The molecule has 5 heteroatoms. The summed E-state index contributed by atoms with van der Waals surface area (Å²) in [6.45, 7) is 5.69. The molecule has 2 aliphatic rings. The molecule has 1 saturated heterocycles. The molecule has 0 saturated carbocycles. The number of rotatable bonds is 3. The predicted octanol–water partition coefficient (Wildman–Crippen LogP) is 3.26. The molecule has 1 amide bonds. The van der Waals surface area contributed by atoms with Gasteiger partial charge in [0.2, 0.25) is 11.8 Å². The SMILES string of the molecule is CC(C)c1nc([C@@H]2CCCN(C(=O)[C@@H]3CC=CCC3)C2)no1. The Balaban J connectivity index is 1.65. The lowest BCUT2D eigenvalue weighted by Gasteiger charge is -2.34. The Labute approximate surface area is 131 Å². The Bertz CT molecular complexity index is 550. The van der Waals surface area contributed by atoms with E-state index >= 15 is 0 Å². The number of allylic oxidation sites excluding steroid dienone is 2. The highest BCUT2D eigenvalue weighted by atomic mass is 16.5. The Morgan fingerprint density at radius 1 is 1.36 bits per heavy atom. The molecule has 1 fully saturated rings. The first-order chi connectivity index (χ1) is 10.6. The maximum Gasteiger partial charge on any atom is 0.229 e. The van der Waals surface area contributed by atoms with Crippen LogP contribution in [0.5, 0.6) is 0 Å². The van der Waals surface area contributed by atoms with Crippen molar-refractivity contribution in [1.82, 2.24) is 15.0 Å². The first kappa shape index (κ1) is 15.3. The van der Waals surface area contributed by atoms with Gasteiger partial charge in [-0.25, -0.2) is 0 Å². The summed E-state index contributed by atoms with van der Waals surface area (Å²) in [5.74, 6) is 2.40. The average Bonchev–Trinajstić information content (AvgIpc) is 3.05. The van der Waals surface area contributed by atoms with Crippen LogP contribution in [0.2, 0.25) is 0 Å². The number of hydrogen-bond acceptors (Lipinski definition) is 4. The lowest BCUT2D eigenvalue weighted by molar-refractivity contribution is -0.137. The number of carbonyl (C=O) groups excluding carboxylic acids is 1. The molecule has 0 spiro atoms. The number of likely N-dealkylation sites (tertiary alicyclic amines) is 1. The normalized spacial score (nSPS) is 25.7. The zero-order valence-corrected chi connectivity index (χ0v) is 13.5. The molecule has 5 nitrogen and oxygen atoms in total. The Kier molecular flexibility index (Phi) is 4.60. The van der Waals surface area contributed by atoms with E-state index in [0.29, 0.717) is 11.8 Å². The molecule has 1 aromatic heterocycles. The second-order valence-corrected chi connectivity index (χ2v) is 6.75. The molecule has 1 aromatic rings. The van der Waals surface area contributed by atoms with Crippen LogP contribution in [-0.2, 0) is 4.79 Å². The third kappa shape index (κ3) is 3.23. The molecule has 1 aliphatic carbocycles. The van der Waals surface area contributed by atoms with E-state index in [-0.39, 0.29) is 17.8 Å². The number of amides is 1. The van der Waals surface area contributed by atoms with Crippen LogP contribution in [-0.4, -0.2) is 34.0 Å². The molecule has 120 valence electrons. The van der Waals surface area contributed by atoms with Crippen molar-refractivity contribution in [3.05, 3.63) is 23.9 Å². The van der Waals surface area contributed by atoms with E-state index in [2.05, 4.69) is 22.3 Å². The fourth-order valence-electron chi connectivity index (χ4n) is 3.31. The van der Waals surface area contributed by atoms with Crippen LogP contribution in [0.25, 0.3) is 0 Å². The zero-order valence-electron chi connectivity index (χ0n) is 13.5. The van der Waals surface area contributed by atoms with Crippen molar-refractivity contribution in [3.63, 3.8) is 0 Å². The molecule has 1 aliphatic heterocycles. The highest BCUT2D eigenvalue weighted by molar-refractivity contribution is 5.79. The lowest BCUT2D eigenvalue weighted by atomic mass is 9.90. The van der Waals surface area contributed by atoms with Crippen molar-refractivity contribution in [1.29, 1.82) is 0 Å². The molecule has 0 aromatic carbocycles. The Hall–Kier alpha value is -1.65. The summed E-state index contributed by atoms with van der Waals surface area (Å²) in [7, 11) is 0. The number of carbonyl (C=O) groups is 1. The van der Waals surface area contributed by atoms with Gasteiger partial charge in [0.1, 0.15) is 0 Å². The molecule has 0 radical (unpaired) electrons. The quantitative estimate of drug-likeness (QED) is 0.804. The van der Waals surface area contributed by atoms with Crippen LogP contribution < -0.4 is 0 Å². The van der Waals surface area contributed by atoms with Crippen LogP contribution in [0, 0.1) is 5.92 Å². The zero-order chi connectivity index (χ0) is 15.5. The molecule has 3 rings (SSSR count). The molecule has 0 bridgehead atoms. The van der Waals surface area contributed by atoms with Gasteiger partial charge in [0.15, 0.2) is 5.82 Å². The van der Waals surface area contributed by atoms with Crippen LogP contribution in [0.3, 0.4) is 0 Å². The van der Waals surface area contributed by atoms with E-state index in [0.717, 1.165) is 51.0 Å². The van der Waals surface area contributed by atoms with Gasteiger partial charge in [0.05, 0.1) is 0 Å². The molecule has 2 atom stereocenters. The lowest BCUT2D eigenvalue weighted by Crippen LogP contribution is -2.42. The van der Waals surface area contributed by atoms with Crippen molar-refractivity contribution in [2.45, 2.75) is 57.8 Å². The fraction of sp³-hybridized carbons (Fsp3) is 0.706. The van der Waals surface area contributed by atoms with Crippen molar-refractivity contribution in [2.75, 3.05) is 13.1 Å². The molecule has 0 N–H and O–H groups in total. The van der Waals surface area contributed by atoms with Gasteiger partial charge >= 0.3 is 0 Å². The smallest absolute Gasteiger partial charge is 0.229 e. The molecular formula is C17H25N3O2. The molecular weight excluding hydrogens is 278 g/mol. The molecule has 22 heavy (non-hydrogen) atoms. The minimum atomic E-state index is 0.167. The summed E-state index contributed by atoms with van der Waals surface area (Å²) in [5, 5.41) is 4.13. The van der Waals surface area contributed by atoms with E-state index in [1.165, 1.54) is 0 Å². The van der Waals surface area contributed by atoms with Gasteiger partial charge in [-0.3, -0.25) is 4.79 Å². The first-order valence-corrected chi connectivity index (χ1v) is 8.42. The van der Waals surface area contributed by atoms with Gasteiger partial charge in [-0.05, 0) is 32.1 Å². The second-order valence-electron chi connectivity index (χ2n) is 6.75. The summed E-state index contributed by atoms with van der Waals surface area (Å²) in [6.07, 6.45) is 9.26. The Morgan fingerprint density at radius 2 is 2.23 bits per heavy atom. The van der Waals surface area contributed by atoms with Crippen molar-refractivity contribution < 1.29 is 9.32 Å². The summed E-state index contributed by atoms with van der Waals surface area (Å²) in [4.78, 5) is 19.2. The Morgan fingerprint density at radius 3 is 2.91 bits per heavy atom. The van der Waals surface area contributed by atoms with Crippen LogP contribution in [0.15, 0.2) is 16.7 Å². The number of aromatic nitrogens is 2. The van der Waals surface area contributed by atoms with Crippen molar-refractivity contribution in [2.24, 2.45) is 5.92 Å². The predicted molar refractivity (Wildman–Crippen MR) is 83.4 cm³/mol. The van der Waals surface area contributed by atoms with Crippen molar-refractivity contribution in [3.8, 4) is 0 Å². The minimum absolute atomic E-state index is 0.167. The van der Waals surface area contributed by atoms with E-state index in [1.807, 2.05) is 18.7 Å². The minimum Gasteiger partial charge on any atom is -0.342 e. The van der Waals surface area contributed by atoms with Gasteiger partial charge in [0, 0.05) is 30.8 Å². The van der Waals surface area contributed by atoms with Gasteiger partial charge < -0.3 is 9.42 Å². The fourth-order valence-corrected chi connectivity index (χ4v) is 3.31. The first-order valence-electron chi connectivity index (χ1n) is 8.42. The highest BCUT2D eigenvalue weighted by Gasteiger charge is 2.31. The largest absolute Gasteiger partial charge is 0.342 e. The third-order valence-electron chi connectivity index (χ3n) is 4.67.